The van der Waals surface area contributed by atoms with Crippen molar-refractivity contribution >= 4 is 37.8 Å². The molecule has 1 saturated heterocycles. The lowest BCUT2D eigenvalue weighted by molar-refractivity contribution is 0.0818. The zero-order valence-corrected chi connectivity index (χ0v) is 21.9. The number of rotatable bonds is 5. The summed E-state index contributed by atoms with van der Waals surface area (Å²) < 4.78 is 53.7. The van der Waals surface area contributed by atoms with E-state index in [1.807, 2.05) is 42.1 Å². The summed E-state index contributed by atoms with van der Waals surface area (Å²) in [6, 6.07) is 15.5. The van der Waals surface area contributed by atoms with Crippen LogP contribution in [0, 0.1) is 0 Å². The molecular weight excluding hydrogens is 496 g/mol. The van der Waals surface area contributed by atoms with Gasteiger partial charge in [0.1, 0.15) is 4.90 Å². The molecule has 2 heterocycles. The van der Waals surface area contributed by atoms with Gasteiger partial charge in [0.2, 0.25) is 0 Å². The first-order valence-electron chi connectivity index (χ1n) is 10.8. The lowest BCUT2D eigenvalue weighted by Crippen LogP contribution is -2.44. The van der Waals surface area contributed by atoms with Crippen molar-refractivity contribution in [1.82, 2.24) is 9.21 Å². The Hall–Kier alpha value is -1.92. The van der Waals surface area contributed by atoms with Crippen LogP contribution in [0.25, 0.3) is 0 Å². The van der Waals surface area contributed by atoms with Gasteiger partial charge in [-0.3, -0.25) is 9.35 Å². The van der Waals surface area contributed by atoms with Gasteiger partial charge in [0.05, 0.1) is 17.9 Å². The summed E-state index contributed by atoms with van der Waals surface area (Å²) >= 11 is 1.97. The third-order valence-electron chi connectivity index (χ3n) is 5.55. The first-order chi connectivity index (χ1) is 15.8. The highest BCUT2D eigenvalue weighted by Crippen LogP contribution is 2.39. The number of hydrogen-bond acceptors (Lipinski definition) is 7. The predicted molar refractivity (Wildman–Crippen MR) is 134 cm³/mol. The van der Waals surface area contributed by atoms with Gasteiger partial charge in [0.15, 0.2) is 0 Å². The minimum atomic E-state index is -3.86. The van der Waals surface area contributed by atoms with Crippen LogP contribution in [0.2, 0.25) is 0 Å². The molecule has 0 saturated carbocycles. The molecule has 1 atom stereocenters. The summed E-state index contributed by atoms with van der Waals surface area (Å²) in [6.45, 7) is 7.17. The Morgan fingerprint density at radius 3 is 2.26 bits per heavy atom. The van der Waals surface area contributed by atoms with Crippen LogP contribution in [0.5, 0.6) is 0 Å². The fourth-order valence-corrected chi connectivity index (χ4v) is 7.17. The number of carbonyl (C=O) groups excluding carboxylic acids is 1. The minimum absolute atomic E-state index is 0.112. The topological polar surface area (TPSA) is 112 Å². The zero-order valence-electron chi connectivity index (χ0n) is 19.4. The highest BCUT2D eigenvalue weighted by atomic mass is 32.2. The molecule has 1 fully saturated rings. The summed E-state index contributed by atoms with van der Waals surface area (Å²) in [6.07, 6.45) is 1.29. The van der Waals surface area contributed by atoms with Gasteiger partial charge in [-0.2, -0.15) is 20.2 Å². The van der Waals surface area contributed by atoms with E-state index < -0.39 is 32.1 Å². The van der Waals surface area contributed by atoms with E-state index in [4.69, 9.17) is 4.55 Å². The summed E-state index contributed by atoms with van der Waals surface area (Å²) in [7, 11) is -7.52. The van der Waals surface area contributed by atoms with Crippen LogP contribution in [0.4, 0.5) is 0 Å². The molecule has 0 radical (unpaired) electrons. The standard InChI is InChI=1S/C22H26N2O3S2.CH4O3S/c1-22(2)16-23(14-15-28-22)13-12-19(17-8-4-3-5-9-17)24-21(25)18-10-6-7-11-20(18)29(24,26)27;1-5(2,3)4/h3-11,19H,12-16H2,1-2H3;1H3,(H,2,3,4). The van der Waals surface area contributed by atoms with Gasteiger partial charge < -0.3 is 4.90 Å². The van der Waals surface area contributed by atoms with E-state index in [1.165, 1.54) is 6.07 Å². The average Bonchev–Trinajstić information content (AvgIpc) is 2.94. The second-order valence-corrected chi connectivity index (χ2v) is 14.0. The molecule has 0 bridgehead atoms. The summed E-state index contributed by atoms with van der Waals surface area (Å²) in [5.41, 5.74) is 1.12. The first-order valence-corrected chi connectivity index (χ1v) is 15.1. The van der Waals surface area contributed by atoms with Crippen LogP contribution in [0.1, 0.15) is 42.2 Å². The van der Waals surface area contributed by atoms with E-state index in [0.717, 1.165) is 35.3 Å². The fourth-order valence-electron chi connectivity index (χ4n) is 4.22. The smallest absolute Gasteiger partial charge is 0.269 e. The molecule has 186 valence electrons. The Kier molecular flexibility index (Phi) is 8.14. The van der Waals surface area contributed by atoms with Gasteiger partial charge in [-0.05, 0) is 38.0 Å². The molecule has 0 spiro atoms. The second kappa shape index (κ2) is 10.4. The molecule has 8 nitrogen and oxygen atoms in total. The van der Waals surface area contributed by atoms with Crippen LogP contribution in [0.15, 0.2) is 59.5 Å². The molecule has 1 amide bonds. The van der Waals surface area contributed by atoms with Gasteiger partial charge in [-0.25, -0.2) is 12.7 Å². The maximum Gasteiger partial charge on any atom is 0.269 e. The second-order valence-electron chi connectivity index (χ2n) is 8.93. The largest absolute Gasteiger partial charge is 0.301 e. The lowest BCUT2D eigenvalue weighted by Gasteiger charge is -2.38. The Labute approximate surface area is 206 Å². The van der Waals surface area contributed by atoms with E-state index in [9.17, 15) is 21.6 Å². The van der Waals surface area contributed by atoms with Gasteiger partial charge in [-0.1, -0.05) is 42.5 Å². The van der Waals surface area contributed by atoms with Crippen LogP contribution >= 0.6 is 11.8 Å². The number of sulfonamides is 1. The van der Waals surface area contributed by atoms with Crippen LogP contribution in [-0.4, -0.2) is 72.9 Å². The van der Waals surface area contributed by atoms with Crippen molar-refractivity contribution in [2.75, 3.05) is 31.6 Å². The number of amides is 1. The van der Waals surface area contributed by atoms with Crippen molar-refractivity contribution in [3.8, 4) is 0 Å². The maximum atomic E-state index is 13.3. The molecule has 2 aromatic carbocycles. The normalized spacial score (nSPS) is 20.2. The lowest BCUT2D eigenvalue weighted by atomic mass is 10.0. The molecule has 34 heavy (non-hydrogen) atoms. The first kappa shape index (κ1) is 26.7. The van der Waals surface area contributed by atoms with Crippen molar-refractivity contribution in [3.05, 3.63) is 65.7 Å². The summed E-state index contributed by atoms with van der Waals surface area (Å²) in [4.78, 5) is 15.6. The zero-order chi connectivity index (χ0) is 25.1. The van der Waals surface area contributed by atoms with Crippen molar-refractivity contribution in [3.63, 3.8) is 0 Å². The molecule has 11 heteroatoms. The van der Waals surface area contributed by atoms with Gasteiger partial charge in [0, 0.05) is 30.1 Å². The molecule has 1 N–H and O–H groups in total. The maximum absolute atomic E-state index is 13.3. The van der Waals surface area contributed by atoms with Crippen LogP contribution < -0.4 is 0 Å². The quantitative estimate of drug-likeness (QED) is 0.591. The number of thioether (sulfide) groups is 1. The molecule has 4 rings (SSSR count). The summed E-state index contributed by atoms with van der Waals surface area (Å²) in [5.74, 6) is 0.638. The predicted octanol–water partition coefficient (Wildman–Crippen LogP) is 3.29. The molecule has 2 aromatic rings. The molecule has 1 unspecified atom stereocenters. The van der Waals surface area contributed by atoms with E-state index in [1.54, 1.807) is 18.2 Å². The Bertz CT molecular complexity index is 1220. The highest BCUT2D eigenvalue weighted by Gasteiger charge is 2.45. The number of hydrogen-bond donors (Lipinski definition) is 1. The minimum Gasteiger partial charge on any atom is -0.301 e. The molecule has 2 aliphatic heterocycles. The molecular formula is C23H30N2O6S3. The van der Waals surface area contributed by atoms with Crippen molar-refractivity contribution in [2.24, 2.45) is 0 Å². The number of benzene rings is 2. The van der Waals surface area contributed by atoms with Gasteiger partial charge >= 0.3 is 0 Å². The van der Waals surface area contributed by atoms with Crippen LogP contribution in [-0.2, 0) is 20.1 Å². The third kappa shape index (κ3) is 6.60. The molecule has 2 aliphatic rings. The fraction of sp³-hybridized carbons (Fsp3) is 0.435. The molecule has 0 aromatic heterocycles. The Morgan fingerprint density at radius 2 is 1.68 bits per heavy atom. The average molecular weight is 527 g/mol. The van der Waals surface area contributed by atoms with E-state index in [-0.39, 0.29) is 15.2 Å². The highest BCUT2D eigenvalue weighted by molar-refractivity contribution is 8.00. The third-order valence-corrected chi connectivity index (χ3v) is 8.69. The monoisotopic (exact) mass is 526 g/mol. The van der Waals surface area contributed by atoms with Crippen molar-refractivity contribution < 1.29 is 26.2 Å². The molecule has 0 aliphatic carbocycles. The van der Waals surface area contributed by atoms with Gasteiger partial charge in [-0.15, -0.1) is 0 Å². The summed E-state index contributed by atoms with van der Waals surface area (Å²) in [5, 5.41) is 0. The van der Waals surface area contributed by atoms with E-state index in [0.29, 0.717) is 12.7 Å². The Morgan fingerprint density at radius 1 is 1.09 bits per heavy atom. The van der Waals surface area contributed by atoms with Crippen molar-refractivity contribution in [2.45, 2.75) is 36.0 Å². The van der Waals surface area contributed by atoms with E-state index in [2.05, 4.69) is 18.7 Å². The SMILES string of the molecule is CC1(C)CN(CCC(c2ccccc2)N2C(=O)c3ccccc3S2(=O)=O)CCS1.CS(=O)(=O)O. The van der Waals surface area contributed by atoms with E-state index >= 15 is 0 Å². The number of carbonyl (C=O) groups is 1. The number of fused-ring (bicyclic) bond motifs is 1. The van der Waals surface area contributed by atoms with Gasteiger partial charge in [0.25, 0.3) is 26.0 Å². The van der Waals surface area contributed by atoms with Crippen LogP contribution in [0.3, 0.4) is 0 Å². The Balaban J connectivity index is 0.000000588. The van der Waals surface area contributed by atoms with Crippen molar-refractivity contribution in [1.29, 1.82) is 0 Å². The number of nitrogens with zero attached hydrogens (tertiary/aromatic N) is 2.